The number of benzene rings is 2. The van der Waals surface area contributed by atoms with Gasteiger partial charge in [-0.1, -0.05) is 38.3 Å². The average molecular weight is 335 g/mol. The number of aromatic amines is 1. The minimum Gasteiger partial charge on any atom is -0.494 e. The van der Waals surface area contributed by atoms with Crippen LogP contribution in [0.3, 0.4) is 0 Å². The molecular formula is C21H25N3O. The zero-order valence-corrected chi connectivity index (χ0v) is 14.7. The van der Waals surface area contributed by atoms with Crippen LogP contribution in [-0.4, -0.2) is 16.8 Å². The molecule has 4 heteroatoms. The third-order valence-electron chi connectivity index (χ3n) is 4.19. The van der Waals surface area contributed by atoms with Gasteiger partial charge in [-0.05, 0) is 54.4 Å². The van der Waals surface area contributed by atoms with Crippen molar-refractivity contribution in [2.24, 2.45) is 0 Å². The summed E-state index contributed by atoms with van der Waals surface area (Å²) in [4.78, 5) is 0. The van der Waals surface area contributed by atoms with E-state index in [0.717, 1.165) is 47.0 Å². The van der Waals surface area contributed by atoms with Crippen molar-refractivity contribution in [2.45, 2.75) is 32.6 Å². The summed E-state index contributed by atoms with van der Waals surface area (Å²) in [5.74, 6) is 0.913. The second-order valence-corrected chi connectivity index (χ2v) is 6.23. The van der Waals surface area contributed by atoms with Crippen LogP contribution in [0.1, 0.15) is 32.6 Å². The molecular weight excluding hydrogens is 310 g/mol. The molecule has 0 spiro atoms. The first-order chi connectivity index (χ1) is 12.3. The Hall–Kier alpha value is -2.75. The van der Waals surface area contributed by atoms with Crippen molar-refractivity contribution in [3.63, 3.8) is 0 Å². The molecule has 0 unspecified atom stereocenters. The highest BCUT2D eigenvalue weighted by molar-refractivity contribution is 5.70. The van der Waals surface area contributed by atoms with Crippen LogP contribution in [0.15, 0.2) is 54.6 Å². The lowest BCUT2D eigenvalue weighted by Gasteiger charge is -2.06. The molecule has 3 aromatic rings. The predicted octanol–water partition coefficient (Wildman–Crippen LogP) is 5.29. The monoisotopic (exact) mass is 335 g/mol. The second kappa shape index (κ2) is 8.38. The summed E-state index contributed by atoms with van der Waals surface area (Å²) in [6.45, 7) is 3.00. The van der Waals surface area contributed by atoms with Crippen molar-refractivity contribution in [3.8, 4) is 28.3 Å². The molecule has 0 aliphatic heterocycles. The molecule has 0 radical (unpaired) electrons. The first-order valence-corrected chi connectivity index (χ1v) is 8.91. The lowest BCUT2D eigenvalue weighted by atomic mass is 10.1. The minimum atomic E-state index is 0.738. The Morgan fingerprint density at radius 3 is 2.56 bits per heavy atom. The van der Waals surface area contributed by atoms with Crippen LogP contribution in [0, 0.1) is 0 Å². The summed E-state index contributed by atoms with van der Waals surface area (Å²) >= 11 is 0. The highest BCUT2D eigenvalue weighted by Gasteiger charge is 2.06. The Labute approximate surface area is 149 Å². The van der Waals surface area contributed by atoms with Crippen LogP contribution in [0.25, 0.3) is 22.5 Å². The minimum absolute atomic E-state index is 0.738. The van der Waals surface area contributed by atoms with Crippen LogP contribution in [-0.2, 0) is 0 Å². The normalized spacial score (nSPS) is 10.8. The summed E-state index contributed by atoms with van der Waals surface area (Å²) in [6, 6.07) is 17.9. The Morgan fingerprint density at radius 2 is 1.80 bits per heavy atom. The standard InChI is InChI=1S/C21H25N3O/c1-2-3-4-5-13-25-19-11-9-16(10-12-19)20-15-21(24-23-20)17-7-6-8-18(22)14-17/h6-12,14-15H,2-5,13,22H2,1H3,(H,23,24). The molecule has 0 atom stereocenters. The van der Waals surface area contributed by atoms with E-state index in [1.54, 1.807) is 0 Å². The third-order valence-corrected chi connectivity index (χ3v) is 4.19. The van der Waals surface area contributed by atoms with Gasteiger partial charge in [-0.2, -0.15) is 5.10 Å². The molecule has 4 nitrogen and oxygen atoms in total. The number of nitrogens with zero attached hydrogens (tertiary/aromatic N) is 1. The number of hydrogen-bond acceptors (Lipinski definition) is 3. The Bertz CT molecular complexity index is 793. The smallest absolute Gasteiger partial charge is 0.119 e. The van der Waals surface area contributed by atoms with E-state index in [1.807, 2.05) is 42.5 Å². The number of ether oxygens (including phenoxy) is 1. The van der Waals surface area contributed by atoms with Gasteiger partial charge in [0.1, 0.15) is 5.75 Å². The quantitative estimate of drug-likeness (QED) is 0.434. The van der Waals surface area contributed by atoms with Crippen molar-refractivity contribution in [3.05, 3.63) is 54.6 Å². The van der Waals surface area contributed by atoms with Crippen molar-refractivity contribution >= 4 is 5.69 Å². The van der Waals surface area contributed by atoms with Gasteiger partial charge >= 0.3 is 0 Å². The van der Waals surface area contributed by atoms with Crippen LogP contribution in [0.5, 0.6) is 5.75 Å². The van der Waals surface area contributed by atoms with E-state index in [9.17, 15) is 0 Å². The Balaban J connectivity index is 1.63. The fourth-order valence-electron chi connectivity index (χ4n) is 2.77. The molecule has 0 saturated heterocycles. The summed E-state index contributed by atoms with van der Waals surface area (Å²) < 4.78 is 5.79. The summed E-state index contributed by atoms with van der Waals surface area (Å²) in [6.07, 6.45) is 4.86. The van der Waals surface area contributed by atoms with Gasteiger partial charge in [-0.15, -0.1) is 0 Å². The van der Waals surface area contributed by atoms with Crippen molar-refractivity contribution in [1.82, 2.24) is 10.2 Å². The van der Waals surface area contributed by atoms with Gasteiger partial charge in [0.15, 0.2) is 0 Å². The number of nitrogens with one attached hydrogen (secondary N) is 1. The van der Waals surface area contributed by atoms with E-state index < -0.39 is 0 Å². The number of nitrogen functional groups attached to an aromatic ring is 1. The van der Waals surface area contributed by atoms with Gasteiger partial charge in [0.25, 0.3) is 0 Å². The first-order valence-electron chi connectivity index (χ1n) is 8.91. The number of unbranched alkanes of at least 4 members (excludes halogenated alkanes) is 3. The lowest BCUT2D eigenvalue weighted by Crippen LogP contribution is -1.96. The summed E-state index contributed by atoms with van der Waals surface area (Å²) in [5, 5.41) is 7.49. The van der Waals surface area contributed by atoms with Crippen molar-refractivity contribution in [1.29, 1.82) is 0 Å². The first kappa shape index (κ1) is 17.1. The topological polar surface area (TPSA) is 63.9 Å². The van der Waals surface area contributed by atoms with Crippen molar-refractivity contribution < 1.29 is 4.74 Å². The maximum atomic E-state index is 5.85. The number of rotatable bonds is 8. The average Bonchev–Trinajstić information content (AvgIpc) is 3.12. The lowest BCUT2D eigenvalue weighted by molar-refractivity contribution is 0.305. The van der Waals surface area contributed by atoms with Gasteiger partial charge < -0.3 is 10.5 Å². The fourth-order valence-corrected chi connectivity index (χ4v) is 2.77. The molecule has 2 aromatic carbocycles. The zero-order chi connectivity index (χ0) is 17.5. The van der Waals surface area contributed by atoms with E-state index >= 15 is 0 Å². The number of anilines is 1. The Morgan fingerprint density at radius 1 is 0.960 bits per heavy atom. The molecule has 0 bridgehead atoms. The second-order valence-electron chi connectivity index (χ2n) is 6.23. The van der Waals surface area contributed by atoms with E-state index in [2.05, 4.69) is 29.3 Å². The summed E-state index contributed by atoms with van der Waals surface area (Å²) in [5.41, 5.74) is 10.5. The molecule has 0 aliphatic carbocycles. The van der Waals surface area contributed by atoms with Gasteiger partial charge in [0.05, 0.1) is 18.0 Å². The molecule has 0 amide bonds. The molecule has 3 N–H and O–H groups in total. The van der Waals surface area contributed by atoms with Gasteiger partial charge in [0.2, 0.25) is 0 Å². The molecule has 1 aromatic heterocycles. The highest BCUT2D eigenvalue weighted by Crippen LogP contribution is 2.26. The fraction of sp³-hybridized carbons (Fsp3) is 0.286. The molecule has 0 saturated carbocycles. The van der Waals surface area contributed by atoms with Crippen LogP contribution >= 0.6 is 0 Å². The molecule has 1 heterocycles. The highest BCUT2D eigenvalue weighted by atomic mass is 16.5. The number of hydrogen-bond donors (Lipinski definition) is 2. The Kier molecular flexibility index (Phi) is 5.73. The predicted molar refractivity (Wildman–Crippen MR) is 104 cm³/mol. The maximum Gasteiger partial charge on any atom is 0.119 e. The number of nitrogens with two attached hydrogens (primary N) is 1. The maximum absolute atomic E-state index is 5.85. The zero-order valence-electron chi connectivity index (χ0n) is 14.7. The molecule has 0 fully saturated rings. The number of aromatic nitrogens is 2. The van der Waals surface area contributed by atoms with E-state index in [-0.39, 0.29) is 0 Å². The van der Waals surface area contributed by atoms with Gasteiger partial charge in [0, 0.05) is 11.3 Å². The van der Waals surface area contributed by atoms with Gasteiger partial charge in [-0.3, -0.25) is 5.10 Å². The molecule has 25 heavy (non-hydrogen) atoms. The molecule has 130 valence electrons. The summed E-state index contributed by atoms with van der Waals surface area (Å²) in [7, 11) is 0. The third kappa shape index (κ3) is 4.63. The van der Waals surface area contributed by atoms with Crippen LogP contribution in [0.4, 0.5) is 5.69 Å². The SMILES string of the molecule is CCCCCCOc1ccc(-c2cc(-c3cccc(N)c3)n[nH]2)cc1. The molecule has 3 rings (SSSR count). The van der Waals surface area contributed by atoms with E-state index in [1.165, 1.54) is 19.3 Å². The number of H-pyrrole nitrogens is 1. The van der Waals surface area contributed by atoms with Crippen molar-refractivity contribution in [2.75, 3.05) is 12.3 Å². The van der Waals surface area contributed by atoms with E-state index in [0.29, 0.717) is 0 Å². The van der Waals surface area contributed by atoms with Crippen LogP contribution in [0.2, 0.25) is 0 Å². The largest absolute Gasteiger partial charge is 0.494 e. The van der Waals surface area contributed by atoms with Crippen LogP contribution < -0.4 is 10.5 Å². The molecule has 0 aliphatic rings. The van der Waals surface area contributed by atoms with Gasteiger partial charge in [-0.25, -0.2) is 0 Å². The van der Waals surface area contributed by atoms with E-state index in [4.69, 9.17) is 10.5 Å².